The van der Waals surface area contributed by atoms with Crippen LogP contribution in [0, 0.1) is 0 Å². The summed E-state index contributed by atoms with van der Waals surface area (Å²) in [4.78, 5) is 0. The van der Waals surface area contributed by atoms with Gasteiger partial charge < -0.3 is 0 Å². The van der Waals surface area contributed by atoms with Crippen LogP contribution in [-0.4, -0.2) is 0 Å². The lowest BCUT2D eigenvalue weighted by atomic mass is 9.96. The molecule has 0 atom stereocenters. The Kier molecular flexibility index (Phi) is 2.53. The first-order chi connectivity index (χ1) is 6.83. The molecule has 0 aromatic heterocycles. The Hall–Kier alpha value is -1.30. The Bertz CT molecular complexity index is 383. The minimum absolute atomic E-state index is 1.07. The van der Waals surface area contributed by atoms with Crippen LogP contribution < -0.4 is 0 Å². The smallest absolute Gasteiger partial charge is 0.00854 e. The van der Waals surface area contributed by atoms with Gasteiger partial charge in [0.15, 0.2) is 0 Å². The number of hydrogen-bond acceptors (Lipinski definition) is 0. The molecular formula is C14H16. The Balaban J connectivity index is 2.36. The second kappa shape index (κ2) is 3.83. The normalized spacial score (nSPS) is 13.6. The van der Waals surface area contributed by atoms with Gasteiger partial charge in [0, 0.05) is 0 Å². The quantitative estimate of drug-likeness (QED) is 0.627. The van der Waals surface area contributed by atoms with E-state index in [9.17, 15) is 0 Å². The first-order valence-electron chi connectivity index (χ1n) is 5.21. The van der Waals surface area contributed by atoms with Crippen LogP contribution in [0.4, 0.5) is 0 Å². The average molecular weight is 184 g/mol. The van der Waals surface area contributed by atoms with E-state index in [4.69, 9.17) is 0 Å². The van der Waals surface area contributed by atoms with Crippen LogP contribution in [0.5, 0.6) is 0 Å². The summed E-state index contributed by atoms with van der Waals surface area (Å²) < 4.78 is 0. The van der Waals surface area contributed by atoms with E-state index < -0.39 is 0 Å². The van der Waals surface area contributed by atoms with Gasteiger partial charge in [0.25, 0.3) is 0 Å². The van der Waals surface area contributed by atoms with Gasteiger partial charge in [-0.15, -0.1) is 6.58 Å². The zero-order chi connectivity index (χ0) is 9.97. The summed E-state index contributed by atoms with van der Waals surface area (Å²) in [5.74, 6) is 0. The molecule has 2 rings (SSSR count). The van der Waals surface area contributed by atoms with Gasteiger partial charge in [0.05, 0.1) is 0 Å². The fourth-order valence-corrected chi connectivity index (χ4v) is 2.16. The lowest BCUT2D eigenvalue weighted by Gasteiger charge is -2.08. The molecule has 1 aromatic carbocycles. The Morgan fingerprint density at radius 1 is 1.43 bits per heavy atom. The van der Waals surface area contributed by atoms with E-state index in [0.29, 0.717) is 0 Å². The van der Waals surface area contributed by atoms with Crippen molar-refractivity contribution >= 4 is 5.57 Å². The maximum Gasteiger partial charge on any atom is -0.00854 e. The van der Waals surface area contributed by atoms with E-state index in [1.165, 1.54) is 22.3 Å². The van der Waals surface area contributed by atoms with Gasteiger partial charge in [-0.1, -0.05) is 30.4 Å². The van der Waals surface area contributed by atoms with Crippen molar-refractivity contribution in [1.82, 2.24) is 0 Å². The van der Waals surface area contributed by atoms with Gasteiger partial charge in [-0.3, -0.25) is 0 Å². The molecule has 0 saturated heterocycles. The summed E-state index contributed by atoms with van der Waals surface area (Å²) in [6.07, 6.45) is 7.63. The zero-order valence-corrected chi connectivity index (χ0v) is 8.72. The van der Waals surface area contributed by atoms with Crippen molar-refractivity contribution in [2.45, 2.75) is 26.2 Å². The van der Waals surface area contributed by atoms with Crippen LogP contribution in [0.3, 0.4) is 0 Å². The van der Waals surface area contributed by atoms with E-state index in [1.54, 1.807) is 0 Å². The molecule has 0 saturated carbocycles. The van der Waals surface area contributed by atoms with Crippen LogP contribution in [0.15, 0.2) is 36.9 Å². The highest BCUT2D eigenvalue weighted by molar-refractivity contribution is 5.74. The number of allylic oxidation sites excluding steroid dienone is 3. The van der Waals surface area contributed by atoms with Crippen LogP contribution >= 0.6 is 0 Å². The second-order valence-electron chi connectivity index (χ2n) is 3.87. The highest BCUT2D eigenvalue weighted by Gasteiger charge is 2.13. The van der Waals surface area contributed by atoms with E-state index in [2.05, 4.69) is 37.8 Å². The van der Waals surface area contributed by atoms with Crippen LogP contribution in [0.25, 0.3) is 5.57 Å². The van der Waals surface area contributed by atoms with E-state index in [0.717, 1.165) is 19.3 Å². The Morgan fingerprint density at radius 3 is 3.07 bits per heavy atom. The third kappa shape index (κ3) is 1.52. The number of benzene rings is 1. The number of fused-ring (bicyclic) bond motifs is 1. The summed E-state index contributed by atoms with van der Waals surface area (Å²) in [7, 11) is 0. The lowest BCUT2D eigenvalue weighted by Crippen LogP contribution is -1.92. The van der Waals surface area contributed by atoms with E-state index in [1.807, 2.05) is 6.08 Å². The SMILES string of the molecule is C=CCCc1cccc2c1C(C)=CC2. The molecule has 1 aliphatic carbocycles. The van der Waals surface area contributed by atoms with Crippen molar-refractivity contribution in [2.24, 2.45) is 0 Å². The van der Waals surface area contributed by atoms with Gasteiger partial charge in [0.1, 0.15) is 0 Å². The molecule has 1 aliphatic rings. The molecule has 0 heteroatoms. The molecule has 0 aliphatic heterocycles. The standard InChI is InChI=1S/C14H16/c1-3-4-6-12-7-5-8-13-10-9-11(2)14(12)13/h3,5,7-9H,1,4,6,10H2,2H3. The first-order valence-corrected chi connectivity index (χ1v) is 5.21. The molecule has 0 radical (unpaired) electrons. The van der Waals surface area contributed by atoms with Crippen molar-refractivity contribution in [2.75, 3.05) is 0 Å². The summed E-state index contributed by atoms with van der Waals surface area (Å²) in [6, 6.07) is 6.65. The van der Waals surface area contributed by atoms with Crippen LogP contribution in [-0.2, 0) is 12.8 Å². The number of rotatable bonds is 3. The summed E-state index contributed by atoms with van der Waals surface area (Å²) in [5, 5.41) is 0. The monoisotopic (exact) mass is 184 g/mol. The minimum Gasteiger partial charge on any atom is -0.103 e. The maximum absolute atomic E-state index is 3.77. The Labute approximate surface area is 86.0 Å². The fraction of sp³-hybridized carbons (Fsp3) is 0.286. The molecule has 0 heterocycles. The van der Waals surface area contributed by atoms with Crippen LogP contribution in [0.2, 0.25) is 0 Å². The average Bonchev–Trinajstić information content (AvgIpc) is 2.58. The molecule has 0 nitrogen and oxygen atoms in total. The third-order valence-electron chi connectivity index (χ3n) is 2.88. The summed E-state index contributed by atoms with van der Waals surface area (Å²) in [6.45, 7) is 5.99. The summed E-state index contributed by atoms with van der Waals surface area (Å²) in [5.41, 5.74) is 5.91. The van der Waals surface area contributed by atoms with Gasteiger partial charge >= 0.3 is 0 Å². The lowest BCUT2D eigenvalue weighted by molar-refractivity contribution is 0.995. The molecule has 0 fully saturated rings. The predicted molar refractivity (Wildman–Crippen MR) is 62.3 cm³/mol. The molecule has 72 valence electrons. The zero-order valence-electron chi connectivity index (χ0n) is 8.72. The third-order valence-corrected chi connectivity index (χ3v) is 2.88. The molecular weight excluding hydrogens is 168 g/mol. The Morgan fingerprint density at radius 2 is 2.29 bits per heavy atom. The highest BCUT2D eigenvalue weighted by atomic mass is 14.2. The molecule has 0 N–H and O–H groups in total. The molecule has 0 spiro atoms. The predicted octanol–water partition coefficient (Wildman–Crippen LogP) is 3.76. The van der Waals surface area contributed by atoms with Gasteiger partial charge in [-0.2, -0.15) is 0 Å². The van der Waals surface area contributed by atoms with Crippen molar-refractivity contribution < 1.29 is 0 Å². The fourth-order valence-electron chi connectivity index (χ4n) is 2.16. The largest absolute Gasteiger partial charge is 0.103 e. The van der Waals surface area contributed by atoms with Gasteiger partial charge in [-0.05, 0) is 48.4 Å². The summed E-state index contributed by atoms with van der Waals surface area (Å²) >= 11 is 0. The maximum atomic E-state index is 3.77. The topological polar surface area (TPSA) is 0 Å². The van der Waals surface area contributed by atoms with Crippen molar-refractivity contribution in [3.63, 3.8) is 0 Å². The minimum atomic E-state index is 1.07. The molecule has 14 heavy (non-hydrogen) atoms. The van der Waals surface area contributed by atoms with Gasteiger partial charge in [-0.25, -0.2) is 0 Å². The molecule has 0 unspecified atom stereocenters. The van der Waals surface area contributed by atoms with Crippen LogP contribution in [0.1, 0.15) is 30.0 Å². The first kappa shape index (κ1) is 9.26. The number of aryl methyl sites for hydroxylation is 1. The van der Waals surface area contributed by atoms with Crippen molar-refractivity contribution in [1.29, 1.82) is 0 Å². The van der Waals surface area contributed by atoms with Gasteiger partial charge in [0.2, 0.25) is 0 Å². The second-order valence-corrected chi connectivity index (χ2v) is 3.87. The van der Waals surface area contributed by atoms with Crippen molar-refractivity contribution in [3.8, 4) is 0 Å². The van der Waals surface area contributed by atoms with E-state index >= 15 is 0 Å². The van der Waals surface area contributed by atoms with Crippen molar-refractivity contribution in [3.05, 3.63) is 53.6 Å². The molecule has 1 aromatic rings. The number of hydrogen-bond donors (Lipinski definition) is 0. The highest BCUT2D eigenvalue weighted by Crippen LogP contribution is 2.30. The molecule has 0 amide bonds. The van der Waals surface area contributed by atoms with E-state index in [-0.39, 0.29) is 0 Å². The molecule has 0 bridgehead atoms.